The molecule has 27 heavy (non-hydrogen) atoms. The third-order valence-electron chi connectivity index (χ3n) is 4.14. The molecule has 3 atom stereocenters. The number of hydrogen-bond donors (Lipinski definition) is 2. The minimum Gasteiger partial charge on any atom is -0.468 e. The van der Waals surface area contributed by atoms with Crippen LogP contribution in [0.3, 0.4) is 0 Å². The van der Waals surface area contributed by atoms with Crippen LogP contribution in [0.5, 0.6) is 0 Å². The molecule has 148 valence electrons. The summed E-state index contributed by atoms with van der Waals surface area (Å²) in [6, 6.07) is 7.27. The van der Waals surface area contributed by atoms with Gasteiger partial charge in [0, 0.05) is 13.0 Å². The van der Waals surface area contributed by atoms with Crippen molar-refractivity contribution in [1.82, 2.24) is 5.32 Å². The number of esters is 2. The van der Waals surface area contributed by atoms with Crippen LogP contribution in [0.1, 0.15) is 18.6 Å². The first-order valence-corrected chi connectivity index (χ1v) is 8.11. The Hall–Kier alpha value is -2.94. The fourth-order valence-corrected chi connectivity index (χ4v) is 2.68. The summed E-state index contributed by atoms with van der Waals surface area (Å²) >= 11 is 0. The molecular weight excluding hydrogens is 356 g/mol. The van der Waals surface area contributed by atoms with Gasteiger partial charge in [0.25, 0.3) is 5.91 Å². The van der Waals surface area contributed by atoms with Crippen LogP contribution in [-0.2, 0) is 33.4 Å². The van der Waals surface area contributed by atoms with Gasteiger partial charge in [0.15, 0.2) is 12.0 Å². The summed E-state index contributed by atoms with van der Waals surface area (Å²) in [5.74, 6) is -5.82. The summed E-state index contributed by atoms with van der Waals surface area (Å²) in [6.45, 7) is 1.42. The number of rotatable bonds is 9. The second-order valence-electron chi connectivity index (χ2n) is 5.80. The van der Waals surface area contributed by atoms with E-state index in [0.717, 1.165) is 14.2 Å². The topological polar surface area (TPSA) is 134 Å². The van der Waals surface area contributed by atoms with Crippen molar-refractivity contribution in [3.8, 4) is 0 Å². The molecule has 0 fully saturated rings. The van der Waals surface area contributed by atoms with E-state index in [0.29, 0.717) is 5.56 Å². The van der Waals surface area contributed by atoms with E-state index >= 15 is 0 Å². The quantitative estimate of drug-likeness (QED) is 0.453. The Bertz CT molecular complexity index is 662. The van der Waals surface area contributed by atoms with Gasteiger partial charge in [0.05, 0.1) is 14.2 Å². The highest BCUT2D eigenvalue weighted by atomic mass is 16.5. The van der Waals surface area contributed by atoms with E-state index < -0.39 is 47.7 Å². The number of nitrogens with one attached hydrogen (secondary N) is 1. The highest BCUT2D eigenvalue weighted by Gasteiger charge is 2.41. The van der Waals surface area contributed by atoms with Crippen LogP contribution in [0.2, 0.25) is 0 Å². The maximum absolute atomic E-state index is 12.6. The zero-order chi connectivity index (χ0) is 20.6. The molecule has 0 bridgehead atoms. The van der Waals surface area contributed by atoms with Gasteiger partial charge >= 0.3 is 11.9 Å². The number of hydrogen-bond acceptors (Lipinski definition) is 7. The van der Waals surface area contributed by atoms with Gasteiger partial charge in [-0.1, -0.05) is 37.3 Å². The van der Waals surface area contributed by atoms with Crippen LogP contribution in [0.4, 0.5) is 0 Å². The summed E-state index contributed by atoms with van der Waals surface area (Å²) in [4.78, 5) is 48.5. The van der Waals surface area contributed by atoms with Gasteiger partial charge in [-0.2, -0.15) is 0 Å². The van der Waals surface area contributed by atoms with E-state index in [-0.39, 0.29) is 0 Å². The predicted octanol–water partition coefficient (Wildman–Crippen LogP) is -0.0575. The summed E-state index contributed by atoms with van der Waals surface area (Å²) in [7, 11) is 3.53. The van der Waals surface area contributed by atoms with Crippen molar-refractivity contribution in [2.75, 3.05) is 21.3 Å². The molecule has 9 nitrogen and oxygen atoms in total. The molecule has 0 aliphatic rings. The third kappa shape index (κ3) is 5.52. The van der Waals surface area contributed by atoms with E-state index in [1.807, 2.05) is 0 Å². The van der Waals surface area contributed by atoms with Gasteiger partial charge in [0.2, 0.25) is 5.91 Å². The number of ether oxygens (including phenoxy) is 3. The van der Waals surface area contributed by atoms with Crippen LogP contribution in [0, 0.1) is 11.8 Å². The Balaban J connectivity index is 3.09. The van der Waals surface area contributed by atoms with Crippen LogP contribution >= 0.6 is 0 Å². The average molecular weight is 380 g/mol. The lowest BCUT2D eigenvalue weighted by atomic mass is 9.86. The fourth-order valence-electron chi connectivity index (χ4n) is 2.68. The molecule has 0 spiro atoms. The van der Waals surface area contributed by atoms with Crippen molar-refractivity contribution in [2.45, 2.75) is 19.1 Å². The smallest absolute Gasteiger partial charge is 0.320 e. The van der Waals surface area contributed by atoms with E-state index in [4.69, 9.17) is 10.5 Å². The standard InChI is InChI=1S/C18H24N2O7/c1-10(12(17(23)26-3)18(24)27-4)13(15(19)21)20-16(22)14(25-2)11-8-6-5-7-9-11/h5-10,12-14H,1-4H3,(H2,19,21)(H,20,22)/t10-,13-,14+/m1/s1. The molecule has 9 heteroatoms. The Kier molecular flexibility index (Phi) is 8.40. The van der Waals surface area contributed by atoms with Crippen molar-refractivity contribution in [1.29, 1.82) is 0 Å². The lowest BCUT2D eigenvalue weighted by Crippen LogP contribution is -2.53. The van der Waals surface area contributed by atoms with Crippen molar-refractivity contribution < 1.29 is 33.4 Å². The SMILES string of the molecule is COC(=O)C(C(=O)OC)[C@@H](C)[C@@H](NC(=O)[C@@H](OC)c1ccccc1)C(N)=O. The van der Waals surface area contributed by atoms with Crippen LogP contribution in [-0.4, -0.2) is 51.1 Å². The van der Waals surface area contributed by atoms with Gasteiger partial charge in [-0.25, -0.2) is 0 Å². The third-order valence-corrected chi connectivity index (χ3v) is 4.14. The lowest BCUT2D eigenvalue weighted by Gasteiger charge is -2.28. The average Bonchev–Trinajstić information content (AvgIpc) is 2.66. The number of primary amides is 1. The van der Waals surface area contributed by atoms with Crippen molar-refractivity contribution in [3.63, 3.8) is 0 Å². The molecule has 0 saturated heterocycles. The number of amides is 2. The molecule has 0 radical (unpaired) electrons. The van der Waals surface area contributed by atoms with Crippen LogP contribution in [0.25, 0.3) is 0 Å². The molecule has 0 aromatic heterocycles. The van der Waals surface area contributed by atoms with Gasteiger partial charge in [0.1, 0.15) is 6.04 Å². The van der Waals surface area contributed by atoms with Crippen LogP contribution in [0.15, 0.2) is 30.3 Å². The molecule has 1 rings (SSSR count). The lowest BCUT2D eigenvalue weighted by molar-refractivity contribution is -0.162. The second kappa shape index (κ2) is 10.3. The Morgan fingerprint density at radius 2 is 1.48 bits per heavy atom. The maximum Gasteiger partial charge on any atom is 0.320 e. The molecule has 0 unspecified atom stereocenters. The first-order valence-electron chi connectivity index (χ1n) is 8.11. The van der Waals surface area contributed by atoms with Gasteiger partial charge in [-0.15, -0.1) is 0 Å². The summed E-state index contributed by atoms with van der Waals surface area (Å²) in [5.41, 5.74) is 5.95. The molecule has 0 heterocycles. The first kappa shape index (κ1) is 22.1. The molecule has 3 N–H and O–H groups in total. The van der Waals surface area contributed by atoms with Crippen molar-refractivity contribution in [2.24, 2.45) is 17.6 Å². The number of carbonyl (C=O) groups is 4. The Morgan fingerprint density at radius 3 is 1.89 bits per heavy atom. The van der Waals surface area contributed by atoms with E-state index in [2.05, 4.69) is 14.8 Å². The molecule has 0 saturated carbocycles. The van der Waals surface area contributed by atoms with Gasteiger partial charge in [-0.3, -0.25) is 19.2 Å². The highest BCUT2D eigenvalue weighted by molar-refractivity contribution is 5.97. The number of benzene rings is 1. The van der Waals surface area contributed by atoms with Crippen molar-refractivity contribution in [3.05, 3.63) is 35.9 Å². The Morgan fingerprint density at radius 1 is 0.963 bits per heavy atom. The molecule has 1 aromatic rings. The highest BCUT2D eigenvalue weighted by Crippen LogP contribution is 2.22. The van der Waals surface area contributed by atoms with E-state index in [9.17, 15) is 19.2 Å². The summed E-state index contributed by atoms with van der Waals surface area (Å²) in [5, 5.41) is 2.45. The van der Waals surface area contributed by atoms with Gasteiger partial charge in [-0.05, 0) is 5.56 Å². The normalized spacial score (nSPS) is 14.0. The minimum absolute atomic E-state index is 0.561. The van der Waals surface area contributed by atoms with Crippen LogP contribution < -0.4 is 11.1 Å². The minimum atomic E-state index is -1.43. The monoisotopic (exact) mass is 380 g/mol. The second-order valence-corrected chi connectivity index (χ2v) is 5.80. The van der Waals surface area contributed by atoms with Gasteiger partial charge < -0.3 is 25.3 Å². The number of carbonyl (C=O) groups excluding carboxylic acids is 4. The number of methoxy groups -OCH3 is 3. The van der Waals surface area contributed by atoms with E-state index in [1.165, 1.54) is 14.0 Å². The molecule has 1 aromatic carbocycles. The molecule has 0 aliphatic heterocycles. The first-order chi connectivity index (χ1) is 12.8. The maximum atomic E-state index is 12.6. The Labute approximate surface area is 157 Å². The summed E-state index contributed by atoms with van der Waals surface area (Å²) in [6.07, 6.45) is -1.00. The zero-order valence-electron chi connectivity index (χ0n) is 15.6. The molecule has 0 aliphatic carbocycles. The number of nitrogens with two attached hydrogens (primary N) is 1. The summed E-state index contributed by atoms with van der Waals surface area (Å²) < 4.78 is 14.4. The zero-order valence-corrected chi connectivity index (χ0v) is 15.6. The molecular formula is C18H24N2O7. The van der Waals surface area contributed by atoms with Crippen molar-refractivity contribution >= 4 is 23.8 Å². The fraction of sp³-hybridized carbons (Fsp3) is 0.444. The predicted molar refractivity (Wildman–Crippen MR) is 94.0 cm³/mol. The molecule has 2 amide bonds. The van der Waals surface area contributed by atoms with E-state index in [1.54, 1.807) is 30.3 Å². The largest absolute Gasteiger partial charge is 0.468 e.